The summed E-state index contributed by atoms with van der Waals surface area (Å²) in [7, 11) is 0. The number of carbonyl (C=O) groups excluding carboxylic acids is 1. The summed E-state index contributed by atoms with van der Waals surface area (Å²) in [6.07, 6.45) is 1.59. The Labute approximate surface area is 177 Å². The third kappa shape index (κ3) is 6.24. The van der Waals surface area contributed by atoms with Crippen molar-refractivity contribution in [3.63, 3.8) is 0 Å². The first-order chi connectivity index (χ1) is 14.7. The number of benzene rings is 2. The molecular weight excluding hydrogens is 376 g/mol. The average Bonchev–Trinajstić information content (AvgIpc) is 3.29. The molecule has 30 heavy (non-hydrogen) atoms. The minimum absolute atomic E-state index is 0.137. The Bertz CT molecular complexity index is 980. The van der Waals surface area contributed by atoms with Crippen LogP contribution in [-0.2, 0) is 19.6 Å². The van der Waals surface area contributed by atoms with Gasteiger partial charge >= 0.3 is 0 Å². The molecule has 1 heterocycles. The molecule has 0 bridgehead atoms. The molecule has 0 spiro atoms. The zero-order chi connectivity index (χ0) is 21.2. The van der Waals surface area contributed by atoms with Crippen LogP contribution in [0.5, 0.6) is 0 Å². The highest BCUT2D eigenvalue weighted by Crippen LogP contribution is 2.09. The fraction of sp³-hybridized carbons (Fsp3) is 0.250. The van der Waals surface area contributed by atoms with Crippen LogP contribution in [-0.4, -0.2) is 18.4 Å². The van der Waals surface area contributed by atoms with Gasteiger partial charge in [-0.25, -0.2) is 4.99 Å². The van der Waals surface area contributed by atoms with Gasteiger partial charge in [0.2, 0.25) is 0 Å². The second kappa shape index (κ2) is 10.9. The van der Waals surface area contributed by atoms with Crippen LogP contribution < -0.4 is 16.0 Å². The number of nitrogens with zero attached hydrogens (tertiary/aromatic N) is 1. The number of aliphatic imine (C=N–C) groups is 1. The lowest BCUT2D eigenvalue weighted by Crippen LogP contribution is -2.36. The van der Waals surface area contributed by atoms with E-state index in [-0.39, 0.29) is 5.91 Å². The maximum atomic E-state index is 12.4. The molecule has 0 unspecified atom stereocenters. The van der Waals surface area contributed by atoms with Crippen molar-refractivity contribution in [2.75, 3.05) is 6.54 Å². The van der Waals surface area contributed by atoms with Gasteiger partial charge in [-0.1, -0.05) is 36.4 Å². The molecule has 2 aromatic carbocycles. The van der Waals surface area contributed by atoms with E-state index in [1.165, 1.54) is 11.1 Å². The van der Waals surface area contributed by atoms with Crippen molar-refractivity contribution < 1.29 is 9.21 Å². The molecule has 0 radical (unpaired) electrons. The number of hydrogen-bond acceptors (Lipinski definition) is 3. The van der Waals surface area contributed by atoms with Gasteiger partial charge in [0.05, 0.1) is 19.4 Å². The zero-order valence-corrected chi connectivity index (χ0v) is 17.4. The Morgan fingerprint density at radius 1 is 0.967 bits per heavy atom. The highest BCUT2D eigenvalue weighted by Gasteiger charge is 2.07. The van der Waals surface area contributed by atoms with Crippen LogP contribution in [0.3, 0.4) is 0 Å². The Kier molecular flexibility index (Phi) is 7.66. The minimum atomic E-state index is -0.137. The molecule has 0 aliphatic rings. The number of carbonyl (C=O) groups is 1. The van der Waals surface area contributed by atoms with Crippen molar-refractivity contribution in [2.45, 2.75) is 33.5 Å². The van der Waals surface area contributed by atoms with Crippen LogP contribution in [0.25, 0.3) is 0 Å². The molecule has 6 heteroatoms. The summed E-state index contributed by atoms with van der Waals surface area (Å²) in [5, 5.41) is 9.50. The highest BCUT2D eigenvalue weighted by atomic mass is 16.3. The molecule has 3 rings (SSSR count). The number of rotatable bonds is 8. The van der Waals surface area contributed by atoms with Crippen molar-refractivity contribution in [3.8, 4) is 0 Å². The molecule has 0 saturated carbocycles. The van der Waals surface area contributed by atoms with Gasteiger partial charge in [0.15, 0.2) is 5.96 Å². The van der Waals surface area contributed by atoms with E-state index in [0.29, 0.717) is 25.2 Å². The lowest BCUT2D eigenvalue weighted by molar-refractivity contribution is 0.0948. The van der Waals surface area contributed by atoms with E-state index in [9.17, 15) is 4.79 Å². The molecule has 0 aliphatic heterocycles. The van der Waals surface area contributed by atoms with Gasteiger partial charge in [-0.2, -0.15) is 0 Å². The van der Waals surface area contributed by atoms with E-state index >= 15 is 0 Å². The lowest BCUT2D eigenvalue weighted by atomic mass is 10.1. The predicted molar refractivity (Wildman–Crippen MR) is 119 cm³/mol. The van der Waals surface area contributed by atoms with Gasteiger partial charge in [-0.05, 0) is 54.8 Å². The molecule has 1 amide bonds. The Hall–Kier alpha value is -3.54. The van der Waals surface area contributed by atoms with Crippen molar-refractivity contribution in [1.29, 1.82) is 0 Å². The van der Waals surface area contributed by atoms with Gasteiger partial charge < -0.3 is 20.4 Å². The van der Waals surface area contributed by atoms with Crippen LogP contribution in [0.15, 0.2) is 76.3 Å². The summed E-state index contributed by atoms with van der Waals surface area (Å²) in [6.45, 7) is 6.45. The minimum Gasteiger partial charge on any atom is -0.467 e. The van der Waals surface area contributed by atoms with Crippen LogP contribution in [0, 0.1) is 6.92 Å². The molecule has 0 aliphatic carbocycles. The first kappa shape index (κ1) is 21.2. The Morgan fingerprint density at radius 2 is 1.83 bits per heavy atom. The number of amides is 1. The largest absolute Gasteiger partial charge is 0.467 e. The second-order valence-corrected chi connectivity index (χ2v) is 6.94. The summed E-state index contributed by atoms with van der Waals surface area (Å²) in [4.78, 5) is 17.1. The van der Waals surface area contributed by atoms with Gasteiger partial charge in [-0.3, -0.25) is 4.79 Å². The highest BCUT2D eigenvalue weighted by molar-refractivity contribution is 5.94. The van der Waals surface area contributed by atoms with Gasteiger partial charge in [0.25, 0.3) is 5.91 Å². The van der Waals surface area contributed by atoms with E-state index in [4.69, 9.17) is 4.42 Å². The summed E-state index contributed by atoms with van der Waals surface area (Å²) in [6, 6.07) is 19.4. The topological polar surface area (TPSA) is 78.7 Å². The van der Waals surface area contributed by atoms with Crippen LogP contribution >= 0.6 is 0 Å². The standard InChI is InChI=1S/C24H28N4O2/c1-3-25-24(28-16-21-10-5-4-8-18(21)2)27-15-19-9-6-11-20(14-19)23(29)26-17-22-12-7-13-30-22/h4-14H,3,15-17H2,1-2H3,(H,26,29)(H2,25,27,28). The number of nitrogens with one attached hydrogen (secondary N) is 3. The lowest BCUT2D eigenvalue weighted by Gasteiger charge is -2.13. The quantitative estimate of drug-likeness (QED) is 0.394. The molecular formula is C24H28N4O2. The average molecular weight is 405 g/mol. The van der Waals surface area contributed by atoms with Gasteiger partial charge in [0, 0.05) is 18.7 Å². The van der Waals surface area contributed by atoms with Crippen LogP contribution in [0.4, 0.5) is 0 Å². The van der Waals surface area contributed by atoms with Crippen molar-refractivity contribution in [2.24, 2.45) is 4.99 Å². The van der Waals surface area contributed by atoms with E-state index in [2.05, 4.69) is 40.0 Å². The first-order valence-electron chi connectivity index (χ1n) is 10.1. The van der Waals surface area contributed by atoms with Crippen molar-refractivity contribution >= 4 is 11.9 Å². The Morgan fingerprint density at radius 3 is 2.60 bits per heavy atom. The maximum Gasteiger partial charge on any atom is 0.251 e. The molecule has 6 nitrogen and oxygen atoms in total. The molecule has 3 N–H and O–H groups in total. The zero-order valence-electron chi connectivity index (χ0n) is 17.4. The molecule has 1 aromatic heterocycles. The third-order valence-electron chi connectivity index (χ3n) is 4.66. The number of aryl methyl sites for hydroxylation is 1. The number of furan rings is 1. The van der Waals surface area contributed by atoms with Gasteiger partial charge in [0.1, 0.15) is 5.76 Å². The van der Waals surface area contributed by atoms with E-state index in [0.717, 1.165) is 23.8 Å². The van der Waals surface area contributed by atoms with Crippen LogP contribution in [0.2, 0.25) is 0 Å². The molecule has 156 valence electrons. The van der Waals surface area contributed by atoms with Crippen molar-refractivity contribution in [3.05, 3.63) is 94.9 Å². The van der Waals surface area contributed by atoms with Crippen LogP contribution in [0.1, 0.15) is 39.7 Å². The van der Waals surface area contributed by atoms with Gasteiger partial charge in [-0.15, -0.1) is 0 Å². The summed E-state index contributed by atoms with van der Waals surface area (Å²) in [5.41, 5.74) is 4.05. The molecule has 0 atom stereocenters. The smallest absolute Gasteiger partial charge is 0.251 e. The van der Waals surface area contributed by atoms with E-state index in [1.54, 1.807) is 18.4 Å². The van der Waals surface area contributed by atoms with E-state index in [1.807, 2.05) is 43.3 Å². The summed E-state index contributed by atoms with van der Waals surface area (Å²) < 4.78 is 5.25. The van der Waals surface area contributed by atoms with Crippen molar-refractivity contribution in [1.82, 2.24) is 16.0 Å². The summed E-state index contributed by atoms with van der Waals surface area (Å²) in [5.74, 6) is 1.33. The summed E-state index contributed by atoms with van der Waals surface area (Å²) >= 11 is 0. The third-order valence-corrected chi connectivity index (χ3v) is 4.66. The SMILES string of the molecule is CCNC(=NCc1cccc(C(=O)NCc2ccco2)c1)NCc1ccccc1C. The molecule has 0 saturated heterocycles. The fourth-order valence-electron chi connectivity index (χ4n) is 2.99. The Balaban J connectivity index is 1.60. The van der Waals surface area contributed by atoms with E-state index < -0.39 is 0 Å². The molecule has 3 aromatic rings. The monoisotopic (exact) mass is 404 g/mol. The normalized spacial score (nSPS) is 11.2. The first-order valence-corrected chi connectivity index (χ1v) is 10.1. The number of hydrogen-bond donors (Lipinski definition) is 3. The number of guanidine groups is 1. The predicted octanol–water partition coefficient (Wildman–Crippen LogP) is 3.77. The maximum absolute atomic E-state index is 12.4. The molecule has 0 fully saturated rings. The second-order valence-electron chi connectivity index (χ2n) is 6.94. The fourth-order valence-corrected chi connectivity index (χ4v) is 2.99.